The van der Waals surface area contributed by atoms with Crippen molar-refractivity contribution in [2.75, 3.05) is 0 Å². The molecule has 2 nitrogen and oxygen atoms in total. The topological polar surface area (TPSA) is 40.5 Å². The van der Waals surface area contributed by atoms with Crippen molar-refractivity contribution < 1.29 is 10.2 Å². The monoisotopic (exact) mass is 202 g/mol. The van der Waals surface area contributed by atoms with Gasteiger partial charge >= 0.3 is 0 Å². The van der Waals surface area contributed by atoms with Crippen LogP contribution in [0.1, 0.15) is 53.9 Å². The van der Waals surface area contributed by atoms with E-state index in [0.717, 1.165) is 19.3 Å². The molecule has 0 aromatic heterocycles. The van der Waals surface area contributed by atoms with Crippen LogP contribution in [0.5, 0.6) is 0 Å². The summed E-state index contributed by atoms with van der Waals surface area (Å²) in [7, 11) is 0. The Hall–Kier alpha value is -0.0800. The summed E-state index contributed by atoms with van der Waals surface area (Å²) in [4.78, 5) is 0. The van der Waals surface area contributed by atoms with Gasteiger partial charge in [-0.15, -0.1) is 0 Å². The third-order valence-electron chi connectivity index (χ3n) is 2.66. The van der Waals surface area contributed by atoms with Crippen LogP contribution in [0, 0.1) is 11.8 Å². The molecular formula is C12H26O2. The number of hydrogen-bond donors (Lipinski definition) is 2. The first kappa shape index (κ1) is 13.9. The van der Waals surface area contributed by atoms with Gasteiger partial charge in [0.1, 0.15) is 0 Å². The summed E-state index contributed by atoms with van der Waals surface area (Å²) in [6.07, 6.45) is 2.42. The third kappa shape index (κ3) is 7.34. The van der Waals surface area contributed by atoms with Crippen molar-refractivity contribution in [2.45, 2.75) is 65.6 Å². The molecule has 2 N–H and O–H groups in total. The van der Waals surface area contributed by atoms with Crippen LogP contribution in [-0.2, 0) is 0 Å². The first-order valence-electron chi connectivity index (χ1n) is 5.63. The average Bonchev–Trinajstić information content (AvgIpc) is 1.94. The summed E-state index contributed by atoms with van der Waals surface area (Å²) in [5.74, 6) is 1.07. The summed E-state index contributed by atoms with van der Waals surface area (Å²) in [6.45, 7) is 9.88. The van der Waals surface area contributed by atoms with Crippen LogP contribution in [0.15, 0.2) is 0 Å². The molecule has 0 aliphatic heterocycles. The van der Waals surface area contributed by atoms with E-state index in [2.05, 4.69) is 13.8 Å². The summed E-state index contributed by atoms with van der Waals surface area (Å²) in [5.41, 5.74) is -0.590. The van der Waals surface area contributed by atoms with Gasteiger partial charge in [0.25, 0.3) is 0 Å². The second-order valence-corrected chi connectivity index (χ2v) is 5.45. The maximum atomic E-state index is 9.74. The highest BCUT2D eigenvalue weighted by Crippen LogP contribution is 2.27. The lowest BCUT2D eigenvalue weighted by Gasteiger charge is -2.28. The Morgan fingerprint density at radius 1 is 1.07 bits per heavy atom. The molecule has 0 aliphatic carbocycles. The minimum atomic E-state index is -0.590. The molecule has 0 saturated heterocycles. The molecule has 2 atom stereocenters. The number of rotatable bonds is 6. The normalized spacial score (nSPS) is 17.1. The predicted octanol–water partition coefficient (Wildman–Crippen LogP) is 2.58. The van der Waals surface area contributed by atoms with Crippen molar-refractivity contribution in [2.24, 2.45) is 11.8 Å². The van der Waals surface area contributed by atoms with E-state index in [4.69, 9.17) is 0 Å². The van der Waals surface area contributed by atoms with Crippen molar-refractivity contribution in [3.8, 4) is 0 Å². The first-order chi connectivity index (χ1) is 6.22. The molecule has 0 spiro atoms. The zero-order valence-corrected chi connectivity index (χ0v) is 10.2. The van der Waals surface area contributed by atoms with Gasteiger partial charge in [-0.3, -0.25) is 0 Å². The molecule has 0 saturated carbocycles. The van der Waals surface area contributed by atoms with Crippen molar-refractivity contribution in [1.82, 2.24) is 0 Å². The van der Waals surface area contributed by atoms with Gasteiger partial charge < -0.3 is 10.2 Å². The SMILES string of the molecule is CC(O)CCC(CC(C)(C)O)C(C)C. The van der Waals surface area contributed by atoms with E-state index >= 15 is 0 Å². The Kier molecular flexibility index (Phi) is 5.68. The second-order valence-electron chi connectivity index (χ2n) is 5.45. The molecule has 2 unspecified atom stereocenters. The molecule has 14 heavy (non-hydrogen) atoms. The fraction of sp³-hybridized carbons (Fsp3) is 1.00. The zero-order valence-electron chi connectivity index (χ0n) is 10.2. The molecule has 2 heteroatoms. The van der Waals surface area contributed by atoms with Gasteiger partial charge in [0.15, 0.2) is 0 Å². The minimum absolute atomic E-state index is 0.224. The zero-order chi connectivity index (χ0) is 11.4. The van der Waals surface area contributed by atoms with E-state index < -0.39 is 5.60 Å². The molecule has 0 heterocycles. The summed E-state index contributed by atoms with van der Waals surface area (Å²) in [5, 5.41) is 19.0. The lowest BCUT2D eigenvalue weighted by atomic mass is 9.82. The van der Waals surface area contributed by atoms with Crippen LogP contribution < -0.4 is 0 Å². The van der Waals surface area contributed by atoms with E-state index in [1.807, 2.05) is 20.8 Å². The van der Waals surface area contributed by atoms with Crippen molar-refractivity contribution >= 4 is 0 Å². The fourth-order valence-electron chi connectivity index (χ4n) is 1.77. The van der Waals surface area contributed by atoms with Gasteiger partial charge in [-0.05, 0) is 51.9 Å². The highest BCUT2D eigenvalue weighted by atomic mass is 16.3. The Morgan fingerprint density at radius 2 is 1.57 bits per heavy atom. The molecule has 86 valence electrons. The molecule has 0 amide bonds. The van der Waals surface area contributed by atoms with Gasteiger partial charge in [0, 0.05) is 0 Å². The minimum Gasteiger partial charge on any atom is -0.393 e. The summed E-state index contributed by atoms with van der Waals surface area (Å²) < 4.78 is 0. The predicted molar refractivity (Wildman–Crippen MR) is 60.2 cm³/mol. The van der Waals surface area contributed by atoms with Crippen LogP contribution in [0.3, 0.4) is 0 Å². The van der Waals surface area contributed by atoms with Crippen molar-refractivity contribution in [1.29, 1.82) is 0 Å². The van der Waals surface area contributed by atoms with Gasteiger partial charge in [-0.2, -0.15) is 0 Å². The quantitative estimate of drug-likeness (QED) is 0.695. The van der Waals surface area contributed by atoms with E-state index in [-0.39, 0.29) is 6.10 Å². The molecule has 0 aromatic rings. The first-order valence-corrected chi connectivity index (χ1v) is 5.63. The van der Waals surface area contributed by atoms with Crippen molar-refractivity contribution in [3.05, 3.63) is 0 Å². The van der Waals surface area contributed by atoms with E-state index in [1.54, 1.807) is 0 Å². The molecule has 0 aliphatic rings. The third-order valence-corrected chi connectivity index (χ3v) is 2.66. The van der Waals surface area contributed by atoms with Crippen LogP contribution in [0.4, 0.5) is 0 Å². The van der Waals surface area contributed by atoms with E-state index in [1.165, 1.54) is 0 Å². The highest BCUT2D eigenvalue weighted by molar-refractivity contribution is 4.74. The van der Waals surface area contributed by atoms with Crippen LogP contribution >= 0.6 is 0 Å². The van der Waals surface area contributed by atoms with Gasteiger partial charge in [0.2, 0.25) is 0 Å². The van der Waals surface area contributed by atoms with E-state index in [0.29, 0.717) is 11.8 Å². The largest absolute Gasteiger partial charge is 0.393 e. The Morgan fingerprint density at radius 3 is 1.86 bits per heavy atom. The molecular weight excluding hydrogens is 176 g/mol. The van der Waals surface area contributed by atoms with Crippen LogP contribution in [0.25, 0.3) is 0 Å². The Labute approximate surface area is 88.3 Å². The Bertz CT molecular complexity index is 145. The van der Waals surface area contributed by atoms with Gasteiger partial charge in [0.05, 0.1) is 11.7 Å². The summed E-state index contributed by atoms with van der Waals surface area (Å²) >= 11 is 0. The van der Waals surface area contributed by atoms with Gasteiger partial charge in [-0.1, -0.05) is 13.8 Å². The van der Waals surface area contributed by atoms with Crippen LogP contribution in [-0.4, -0.2) is 21.9 Å². The summed E-state index contributed by atoms with van der Waals surface area (Å²) in [6, 6.07) is 0. The lowest BCUT2D eigenvalue weighted by Crippen LogP contribution is -2.26. The molecule has 0 aromatic carbocycles. The maximum Gasteiger partial charge on any atom is 0.0594 e. The highest BCUT2D eigenvalue weighted by Gasteiger charge is 2.22. The van der Waals surface area contributed by atoms with Crippen LogP contribution in [0.2, 0.25) is 0 Å². The number of aliphatic hydroxyl groups is 2. The lowest BCUT2D eigenvalue weighted by molar-refractivity contribution is 0.0385. The Balaban J connectivity index is 4.03. The maximum absolute atomic E-state index is 9.74. The molecule has 0 radical (unpaired) electrons. The number of aliphatic hydroxyl groups excluding tert-OH is 1. The van der Waals surface area contributed by atoms with Crippen molar-refractivity contribution in [3.63, 3.8) is 0 Å². The molecule has 0 bridgehead atoms. The molecule has 0 rings (SSSR count). The average molecular weight is 202 g/mol. The van der Waals surface area contributed by atoms with E-state index in [9.17, 15) is 10.2 Å². The number of hydrogen-bond acceptors (Lipinski definition) is 2. The smallest absolute Gasteiger partial charge is 0.0594 e. The standard InChI is InChI=1S/C12H26O2/c1-9(2)11(7-6-10(3)13)8-12(4,5)14/h9-11,13-14H,6-8H2,1-5H3. The van der Waals surface area contributed by atoms with Gasteiger partial charge in [-0.25, -0.2) is 0 Å². The molecule has 0 fully saturated rings. The second kappa shape index (κ2) is 5.72. The fourth-order valence-corrected chi connectivity index (χ4v) is 1.77.